The van der Waals surface area contributed by atoms with Gasteiger partial charge in [-0.15, -0.1) is 0 Å². The minimum Gasteiger partial charge on any atom is -0.497 e. The molecule has 2 aliphatic rings. The number of halogens is 3. The molecule has 0 aromatic heterocycles. The van der Waals surface area contributed by atoms with Crippen LogP contribution in [0, 0.1) is 17.8 Å². The second kappa shape index (κ2) is 8.15. The molecule has 1 aromatic rings. The molecule has 0 saturated heterocycles. The number of fused-ring (bicyclic) bond motifs is 1. The Bertz CT molecular complexity index is 869. The molecule has 1 amide bonds. The Hall–Kier alpha value is -2.18. The third-order valence-corrected chi connectivity index (χ3v) is 6.77. The van der Waals surface area contributed by atoms with Gasteiger partial charge in [0.15, 0.2) is 0 Å². The van der Waals surface area contributed by atoms with Gasteiger partial charge in [0, 0.05) is 26.7 Å². The van der Waals surface area contributed by atoms with Crippen LogP contribution in [-0.2, 0) is 9.53 Å². The molecule has 1 atom stereocenters. The number of ether oxygens (including phenoxy) is 2. The van der Waals surface area contributed by atoms with Gasteiger partial charge in [0.25, 0.3) is 11.4 Å². The number of rotatable bonds is 6. The lowest BCUT2D eigenvalue weighted by atomic mass is 9.92. The van der Waals surface area contributed by atoms with Crippen molar-refractivity contribution in [1.82, 2.24) is 0 Å². The maximum Gasteiger partial charge on any atom is 0.432 e. The second-order valence-corrected chi connectivity index (χ2v) is 14.5. The molecule has 30 heavy (non-hydrogen) atoms. The zero-order chi connectivity index (χ0) is 22.2. The number of hydrogen-bond donors (Lipinski definition) is 1. The Labute approximate surface area is 175 Å². The first-order valence-electron chi connectivity index (χ1n) is 9.92. The zero-order valence-corrected chi connectivity index (χ0v) is 18.7. The van der Waals surface area contributed by atoms with Crippen LogP contribution in [-0.4, -0.2) is 46.1 Å². The molecule has 3 rings (SSSR count). The minimum atomic E-state index is -4.91. The van der Waals surface area contributed by atoms with Crippen LogP contribution in [0.25, 0.3) is 0 Å². The molecule has 0 bridgehead atoms. The van der Waals surface area contributed by atoms with Gasteiger partial charge in [-0.1, -0.05) is 31.5 Å². The molecule has 0 radical (unpaired) electrons. The summed E-state index contributed by atoms with van der Waals surface area (Å²) in [6.45, 7) is 6.64. The molecule has 0 spiro atoms. The highest BCUT2D eigenvalue weighted by atomic mass is 28.3. The summed E-state index contributed by atoms with van der Waals surface area (Å²) in [6, 6.07) is 5.43. The van der Waals surface area contributed by atoms with Gasteiger partial charge < -0.3 is 14.8 Å². The third-order valence-electron chi connectivity index (χ3n) is 5.07. The van der Waals surface area contributed by atoms with Crippen LogP contribution in [0.4, 0.5) is 24.5 Å². The van der Waals surface area contributed by atoms with E-state index in [2.05, 4.69) is 36.8 Å². The topological polar surface area (TPSA) is 50.8 Å². The molecular weight excluding hydrogens is 413 g/mol. The highest BCUT2D eigenvalue weighted by Crippen LogP contribution is 2.44. The van der Waals surface area contributed by atoms with Crippen molar-refractivity contribution in [3.8, 4) is 17.6 Å². The van der Waals surface area contributed by atoms with Crippen LogP contribution in [0.3, 0.4) is 0 Å². The first-order valence-corrected chi connectivity index (χ1v) is 13.6. The Morgan fingerprint density at radius 2 is 2.00 bits per heavy atom. The highest BCUT2D eigenvalue weighted by molar-refractivity contribution is 6.76. The minimum absolute atomic E-state index is 0.0908. The summed E-state index contributed by atoms with van der Waals surface area (Å²) in [5, 5.41) is 2.38. The maximum atomic E-state index is 14.2. The van der Waals surface area contributed by atoms with Crippen LogP contribution < -0.4 is 15.0 Å². The van der Waals surface area contributed by atoms with Gasteiger partial charge in [-0.05, 0) is 31.0 Å². The second-order valence-electron chi connectivity index (χ2n) is 8.88. The zero-order valence-electron chi connectivity index (χ0n) is 17.7. The molecule has 9 heteroatoms. The van der Waals surface area contributed by atoms with Gasteiger partial charge >= 0.3 is 6.18 Å². The summed E-state index contributed by atoms with van der Waals surface area (Å²) in [6.07, 6.45) is -3.41. The molecule has 1 unspecified atom stereocenters. The van der Waals surface area contributed by atoms with Crippen LogP contribution in [0.5, 0.6) is 5.75 Å². The van der Waals surface area contributed by atoms with Crippen molar-refractivity contribution in [2.45, 2.75) is 50.2 Å². The monoisotopic (exact) mass is 440 g/mol. The normalized spacial score (nSPS) is 21.4. The summed E-state index contributed by atoms with van der Waals surface area (Å²) in [7, 11) is 0.0462. The average Bonchev–Trinajstić information content (AvgIpc) is 3.47. The number of carbonyl (C=O) groups excluding carboxylic acids is 1. The predicted molar refractivity (Wildman–Crippen MR) is 112 cm³/mol. The predicted octanol–water partition coefficient (Wildman–Crippen LogP) is 4.48. The van der Waals surface area contributed by atoms with Gasteiger partial charge in [-0.2, -0.15) is 13.2 Å². The third kappa shape index (κ3) is 4.76. The lowest BCUT2D eigenvalue weighted by Crippen LogP contribution is -2.65. The summed E-state index contributed by atoms with van der Waals surface area (Å²) in [4.78, 5) is 14.2. The fourth-order valence-electron chi connectivity index (χ4n) is 2.99. The first kappa shape index (κ1) is 22.5. The smallest absolute Gasteiger partial charge is 0.432 e. The van der Waals surface area contributed by atoms with Crippen molar-refractivity contribution in [2.75, 3.05) is 30.7 Å². The van der Waals surface area contributed by atoms with Crippen LogP contribution >= 0.6 is 0 Å². The molecule has 1 fully saturated rings. The molecule has 1 aromatic carbocycles. The van der Waals surface area contributed by atoms with E-state index in [-0.39, 0.29) is 18.3 Å². The summed E-state index contributed by atoms with van der Waals surface area (Å²) in [5.74, 6) is 3.98. The molecule has 1 aliphatic carbocycles. The van der Waals surface area contributed by atoms with E-state index in [0.717, 1.165) is 23.8 Å². The number of methoxy groups -OCH3 is 1. The highest BCUT2D eigenvalue weighted by Gasteiger charge is 2.64. The molecule has 1 N–H and O–H groups in total. The van der Waals surface area contributed by atoms with E-state index in [4.69, 9.17) is 9.47 Å². The Balaban J connectivity index is 1.98. The van der Waals surface area contributed by atoms with Gasteiger partial charge in [0.05, 0.1) is 18.5 Å². The largest absolute Gasteiger partial charge is 0.497 e. The van der Waals surface area contributed by atoms with Crippen molar-refractivity contribution in [3.05, 3.63) is 18.2 Å². The maximum absolute atomic E-state index is 14.2. The number of alkyl halides is 3. The number of anilines is 2. The van der Waals surface area contributed by atoms with E-state index in [1.54, 1.807) is 12.1 Å². The van der Waals surface area contributed by atoms with E-state index in [1.807, 2.05) is 0 Å². The average molecular weight is 441 g/mol. The van der Waals surface area contributed by atoms with Gasteiger partial charge in [0.1, 0.15) is 12.5 Å². The van der Waals surface area contributed by atoms with Crippen molar-refractivity contribution in [1.29, 1.82) is 0 Å². The standard InChI is InChI=1S/C21H27F3N2O3Si/c1-28-16-7-8-18-17(13-16)25-20(21(22,23)24,10-9-15-5-6-15)19(27)26(18)14-29-11-12-30(2,3)4/h7-8,13,15,25H,5-6,11-12,14H2,1-4H3. The SMILES string of the molecule is COc1ccc2c(c1)NC(C#CC1CC1)(C(F)(F)F)C(=O)N2COCC[Si](C)(C)C. The molecular formula is C21H27F3N2O3Si. The lowest BCUT2D eigenvalue weighted by molar-refractivity contribution is -0.173. The Morgan fingerprint density at radius 1 is 1.30 bits per heavy atom. The molecule has 5 nitrogen and oxygen atoms in total. The molecule has 1 heterocycles. The van der Waals surface area contributed by atoms with E-state index < -0.39 is 25.7 Å². The Kier molecular flexibility index (Phi) is 6.12. The van der Waals surface area contributed by atoms with Crippen molar-refractivity contribution in [2.24, 2.45) is 5.92 Å². The van der Waals surface area contributed by atoms with Crippen LogP contribution in [0.15, 0.2) is 18.2 Å². The van der Waals surface area contributed by atoms with Crippen LogP contribution in [0.1, 0.15) is 12.8 Å². The Morgan fingerprint density at radius 3 is 2.57 bits per heavy atom. The van der Waals surface area contributed by atoms with Crippen molar-refractivity contribution < 1.29 is 27.4 Å². The summed E-state index contributed by atoms with van der Waals surface area (Å²) in [5.41, 5.74) is -2.58. The summed E-state index contributed by atoms with van der Waals surface area (Å²) < 4.78 is 53.5. The molecule has 1 saturated carbocycles. The molecule has 1 aliphatic heterocycles. The lowest BCUT2D eigenvalue weighted by Gasteiger charge is -2.41. The number of hydrogen-bond acceptors (Lipinski definition) is 4. The quantitative estimate of drug-likeness (QED) is 0.403. The van der Waals surface area contributed by atoms with E-state index in [1.165, 1.54) is 13.2 Å². The van der Waals surface area contributed by atoms with Crippen molar-refractivity contribution >= 4 is 25.4 Å². The van der Waals surface area contributed by atoms with E-state index >= 15 is 0 Å². The van der Waals surface area contributed by atoms with Gasteiger partial charge in [-0.3, -0.25) is 9.69 Å². The summed E-state index contributed by atoms with van der Waals surface area (Å²) >= 11 is 0. The number of benzene rings is 1. The number of amides is 1. The van der Waals surface area contributed by atoms with E-state index in [0.29, 0.717) is 18.0 Å². The number of carbonyl (C=O) groups is 1. The van der Waals surface area contributed by atoms with Crippen molar-refractivity contribution in [3.63, 3.8) is 0 Å². The fourth-order valence-corrected chi connectivity index (χ4v) is 3.75. The number of nitrogens with one attached hydrogen (secondary N) is 1. The molecule has 164 valence electrons. The fraction of sp³-hybridized carbons (Fsp3) is 0.571. The number of nitrogens with zero attached hydrogens (tertiary/aromatic N) is 1. The van der Waals surface area contributed by atoms with Gasteiger partial charge in [0.2, 0.25) is 0 Å². The first-order chi connectivity index (χ1) is 14.0. The van der Waals surface area contributed by atoms with E-state index in [9.17, 15) is 18.0 Å². The van der Waals surface area contributed by atoms with Crippen LogP contribution in [0.2, 0.25) is 25.7 Å². The van der Waals surface area contributed by atoms with Gasteiger partial charge in [-0.25, -0.2) is 0 Å².